The van der Waals surface area contributed by atoms with E-state index in [2.05, 4.69) is 11.4 Å². The molecule has 0 spiro atoms. The summed E-state index contributed by atoms with van der Waals surface area (Å²) < 4.78 is 0. The van der Waals surface area contributed by atoms with Crippen LogP contribution in [0.4, 0.5) is 5.69 Å². The lowest BCUT2D eigenvalue weighted by Gasteiger charge is -2.08. The summed E-state index contributed by atoms with van der Waals surface area (Å²) in [6.45, 7) is 2.06. The van der Waals surface area contributed by atoms with E-state index in [1.807, 2.05) is 24.3 Å². The van der Waals surface area contributed by atoms with Crippen molar-refractivity contribution < 1.29 is 9.59 Å². The van der Waals surface area contributed by atoms with Crippen LogP contribution in [-0.4, -0.2) is 18.6 Å². The van der Waals surface area contributed by atoms with E-state index in [0.29, 0.717) is 19.3 Å². The molecule has 0 heterocycles. The number of rotatable bonds is 6. The zero-order valence-corrected chi connectivity index (χ0v) is 8.69. The highest BCUT2D eigenvalue weighted by Gasteiger charge is 2.11. The number of hydrogen-bond donors (Lipinski definition) is 1. The summed E-state index contributed by atoms with van der Waals surface area (Å²) in [4.78, 5) is 21.5. The van der Waals surface area contributed by atoms with Gasteiger partial charge >= 0.3 is 0 Å². The van der Waals surface area contributed by atoms with Gasteiger partial charge in [0, 0.05) is 12.2 Å². The SMILES string of the molecule is CC(=O)C(C=O)CCNc1cc[c]cc1. The topological polar surface area (TPSA) is 46.2 Å². The molecule has 3 heteroatoms. The van der Waals surface area contributed by atoms with Gasteiger partial charge in [-0.05, 0) is 31.5 Å². The lowest BCUT2D eigenvalue weighted by atomic mass is 10.0. The third kappa shape index (κ3) is 3.94. The van der Waals surface area contributed by atoms with Crippen LogP contribution in [0, 0.1) is 12.0 Å². The Morgan fingerprint density at radius 2 is 2.20 bits per heavy atom. The first-order valence-corrected chi connectivity index (χ1v) is 4.90. The summed E-state index contributed by atoms with van der Waals surface area (Å²) in [7, 11) is 0. The van der Waals surface area contributed by atoms with E-state index in [1.165, 1.54) is 6.92 Å². The molecule has 1 aromatic carbocycles. The Labute approximate surface area is 89.5 Å². The number of carbonyl (C=O) groups excluding carboxylic acids is 2. The normalized spacial score (nSPS) is 11.8. The van der Waals surface area contributed by atoms with E-state index in [4.69, 9.17) is 0 Å². The van der Waals surface area contributed by atoms with Crippen LogP contribution in [0.5, 0.6) is 0 Å². The fourth-order valence-electron chi connectivity index (χ4n) is 1.24. The van der Waals surface area contributed by atoms with Gasteiger partial charge in [-0.25, -0.2) is 0 Å². The molecule has 1 radical (unpaired) electrons. The summed E-state index contributed by atoms with van der Waals surface area (Å²) in [5.74, 6) is -0.555. The molecule has 0 fully saturated rings. The highest BCUT2D eigenvalue weighted by molar-refractivity contribution is 5.91. The minimum absolute atomic E-state index is 0.0757. The predicted molar refractivity (Wildman–Crippen MR) is 58.6 cm³/mol. The Hall–Kier alpha value is -1.64. The molecule has 1 aromatic rings. The first-order chi connectivity index (χ1) is 7.24. The van der Waals surface area contributed by atoms with E-state index in [1.54, 1.807) is 0 Å². The molecule has 79 valence electrons. The van der Waals surface area contributed by atoms with Crippen molar-refractivity contribution in [1.82, 2.24) is 0 Å². The molecule has 1 rings (SSSR count). The quantitative estimate of drug-likeness (QED) is 0.566. The largest absolute Gasteiger partial charge is 0.385 e. The van der Waals surface area contributed by atoms with Crippen molar-refractivity contribution in [3.63, 3.8) is 0 Å². The first-order valence-electron chi connectivity index (χ1n) is 4.90. The van der Waals surface area contributed by atoms with Crippen LogP contribution in [0.1, 0.15) is 13.3 Å². The Kier molecular flexibility index (Phi) is 4.54. The van der Waals surface area contributed by atoms with E-state index in [9.17, 15) is 9.59 Å². The number of benzene rings is 1. The number of ketones is 1. The predicted octanol–water partition coefficient (Wildman–Crippen LogP) is 1.69. The highest BCUT2D eigenvalue weighted by Crippen LogP contribution is 2.06. The van der Waals surface area contributed by atoms with Crippen LogP contribution < -0.4 is 5.32 Å². The minimum Gasteiger partial charge on any atom is -0.385 e. The number of hydrogen-bond acceptors (Lipinski definition) is 3. The third-order valence-electron chi connectivity index (χ3n) is 2.19. The summed E-state index contributed by atoms with van der Waals surface area (Å²) in [5, 5.41) is 3.13. The van der Waals surface area contributed by atoms with Crippen LogP contribution in [0.15, 0.2) is 24.3 Å². The molecule has 1 unspecified atom stereocenters. The number of nitrogens with one attached hydrogen (secondary N) is 1. The lowest BCUT2D eigenvalue weighted by molar-refractivity contribution is -0.125. The summed E-state index contributed by atoms with van der Waals surface area (Å²) in [6.07, 6.45) is 1.25. The van der Waals surface area contributed by atoms with Gasteiger partial charge < -0.3 is 10.1 Å². The lowest BCUT2D eigenvalue weighted by Crippen LogP contribution is -2.16. The van der Waals surface area contributed by atoms with Gasteiger partial charge in [-0.2, -0.15) is 0 Å². The van der Waals surface area contributed by atoms with E-state index in [-0.39, 0.29) is 5.78 Å². The van der Waals surface area contributed by atoms with Crippen molar-refractivity contribution in [2.24, 2.45) is 5.92 Å². The Morgan fingerprint density at radius 3 is 2.73 bits per heavy atom. The third-order valence-corrected chi connectivity index (χ3v) is 2.19. The van der Waals surface area contributed by atoms with Gasteiger partial charge in [-0.1, -0.05) is 12.1 Å². The van der Waals surface area contributed by atoms with Gasteiger partial charge in [-0.3, -0.25) is 4.79 Å². The van der Waals surface area contributed by atoms with Gasteiger partial charge in [-0.15, -0.1) is 0 Å². The Bertz CT molecular complexity index is 322. The van der Waals surface area contributed by atoms with Crippen LogP contribution >= 0.6 is 0 Å². The van der Waals surface area contributed by atoms with Crippen molar-refractivity contribution in [2.45, 2.75) is 13.3 Å². The van der Waals surface area contributed by atoms with Crippen molar-refractivity contribution >= 4 is 17.8 Å². The van der Waals surface area contributed by atoms with Crippen molar-refractivity contribution in [2.75, 3.05) is 11.9 Å². The number of aldehydes is 1. The second-order valence-corrected chi connectivity index (χ2v) is 3.36. The van der Waals surface area contributed by atoms with Crippen LogP contribution in [-0.2, 0) is 9.59 Å². The maximum atomic E-state index is 11.0. The van der Waals surface area contributed by atoms with Crippen LogP contribution in [0.2, 0.25) is 0 Å². The number of carbonyl (C=O) groups is 2. The fourth-order valence-corrected chi connectivity index (χ4v) is 1.24. The molecule has 0 amide bonds. The zero-order valence-electron chi connectivity index (χ0n) is 8.69. The molecule has 3 nitrogen and oxygen atoms in total. The molecular weight excluding hydrogens is 190 g/mol. The molecule has 0 saturated heterocycles. The molecule has 0 aliphatic rings. The van der Waals surface area contributed by atoms with Crippen molar-refractivity contribution in [3.05, 3.63) is 30.3 Å². The Morgan fingerprint density at radius 1 is 1.53 bits per heavy atom. The van der Waals surface area contributed by atoms with Gasteiger partial charge in [0.2, 0.25) is 0 Å². The molecule has 1 atom stereocenters. The highest BCUT2D eigenvalue weighted by atomic mass is 16.1. The molecule has 0 aromatic heterocycles. The van der Waals surface area contributed by atoms with Crippen molar-refractivity contribution in [1.29, 1.82) is 0 Å². The molecule has 1 N–H and O–H groups in total. The molecule has 0 aliphatic heterocycles. The van der Waals surface area contributed by atoms with Gasteiger partial charge in [0.1, 0.15) is 12.1 Å². The summed E-state index contributed by atoms with van der Waals surface area (Å²) >= 11 is 0. The maximum Gasteiger partial charge on any atom is 0.140 e. The molecule has 0 aliphatic carbocycles. The monoisotopic (exact) mass is 204 g/mol. The average molecular weight is 204 g/mol. The maximum absolute atomic E-state index is 11.0. The summed E-state index contributed by atoms with van der Waals surface area (Å²) in [5.41, 5.74) is 0.974. The fraction of sp³-hybridized carbons (Fsp3) is 0.333. The average Bonchev–Trinajstić information content (AvgIpc) is 2.25. The van der Waals surface area contributed by atoms with Crippen molar-refractivity contribution in [3.8, 4) is 0 Å². The standard InChI is InChI=1S/C12H14NO2/c1-10(15)11(9-14)7-8-13-12-5-3-2-4-6-12/h3-6,9,11,13H,7-8H2,1H3. The Balaban J connectivity index is 2.33. The number of anilines is 1. The smallest absolute Gasteiger partial charge is 0.140 e. The van der Waals surface area contributed by atoms with Gasteiger partial charge in [0.25, 0.3) is 0 Å². The molecular formula is C12H14NO2. The number of Topliss-reactive ketones (excluding diaryl/α,β-unsaturated/α-hetero) is 1. The second-order valence-electron chi connectivity index (χ2n) is 3.36. The van der Waals surface area contributed by atoms with Gasteiger partial charge in [0.05, 0.1) is 5.92 Å². The van der Waals surface area contributed by atoms with E-state index in [0.717, 1.165) is 5.69 Å². The van der Waals surface area contributed by atoms with Crippen LogP contribution in [0.25, 0.3) is 0 Å². The molecule has 0 saturated carbocycles. The van der Waals surface area contributed by atoms with E-state index < -0.39 is 5.92 Å². The first kappa shape index (κ1) is 11.4. The van der Waals surface area contributed by atoms with Crippen LogP contribution in [0.3, 0.4) is 0 Å². The molecule has 0 bridgehead atoms. The molecule has 15 heavy (non-hydrogen) atoms. The summed E-state index contributed by atoms with van der Waals surface area (Å²) in [6, 6.07) is 10.3. The zero-order chi connectivity index (χ0) is 11.1. The second kappa shape index (κ2) is 5.96. The van der Waals surface area contributed by atoms with Gasteiger partial charge in [0.15, 0.2) is 0 Å². The minimum atomic E-state index is -0.479. The van der Waals surface area contributed by atoms with E-state index >= 15 is 0 Å².